The Labute approximate surface area is 156 Å². The van der Waals surface area contributed by atoms with E-state index in [9.17, 15) is 13.6 Å². The van der Waals surface area contributed by atoms with Crippen LogP contribution in [0.15, 0.2) is 23.0 Å². The van der Waals surface area contributed by atoms with E-state index >= 15 is 0 Å². The van der Waals surface area contributed by atoms with Crippen molar-refractivity contribution in [2.45, 2.75) is 6.92 Å². The molecule has 0 saturated heterocycles. The van der Waals surface area contributed by atoms with E-state index in [0.29, 0.717) is 11.5 Å². The van der Waals surface area contributed by atoms with E-state index in [4.69, 9.17) is 4.74 Å². The van der Waals surface area contributed by atoms with E-state index in [-0.39, 0.29) is 55.3 Å². The molecule has 0 spiro atoms. The fraction of sp³-hybridized carbons (Fsp3) is 0.267. The summed E-state index contributed by atoms with van der Waals surface area (Å²) >= 11 is 1.40. The number of halogens is 2. The number of ether oxygens (including phenoxy) is 1. The molecule has 2 rings (SSSR count). The molecule has 3 nitrogen and oxygen atoms in total. The molecule has 0 aliphatic carbocycles. The minimum absolute atomic E-state index is 0. The Morgan fingerprint density at radius 2 is 1.91 bits per heavy atom. The molecule has 0 saturated carbocycles. The summed E-state index contributed by atoms with van der Waals surface area (Å²) in [5.41, 5.74) is -0.0737. The van der Waals surface area contributed by atoms with E-state index in [2.05, 4.69) is 6.07 Å². The molecule has 0 aliphatic rings. The second-order valence-electron chi connectivity index (χ2n) is 4.50. The number of aromatic nitrogens is 1. The summed E-state index contributed by atoms with van der Waals surface area (Å²) in [6, 6.07) is 6.38. The van der Waals surface area contributed by atoms with Gasteiger partial charge in [-0.25, -0.2) is 8.78 Å². The van der Waals surface area contributed by atoms with Crippen molar-refractivity contribution in [2.24, 2.45) is 7.05 Å². The van der Waals surface area contributed by atoms with Crippen molar-refractivity contribution >= 4 is 11.8 Å². The van der Waals surface area contributed by atoms with Crippen molar-refractivity contribution in [1.82, 2.24) is 4.57 Å². The van der Waals surface area contributed by atoms with Gasteiger partial charge in [0.05, 0.1) is 11.6 Å². The summed E-state index contributed by atoms with van der Waals surface area (Å²) < 4.78 is 34.7. The molecule has 0 fully saturated rings. The number of thioether (sulfide) groups is 1. The van der Waals surface area contributed by atoms with Gasteiger partial charge in [-0.05, 0) is 11.8 Å². The molecule has 0 N–H and O–H groups in total. The molecule has 0 bridgehead atoms. The molecule has 2 aromatic rings. The molecular weight excluding hydrogens is 385 g/mol. The van der Waals surface area contributed by atoms with Crippen LogP contribution in [0, 0.1) is 24.6 Å². The maximum atomic E-state index is 14.2. The standard InChI is InChI=1S/C15H14F2NO2S.Y/c1-9-4-5-13(18(2)15(9)19)14-11(16)6-10(7-12(14)17)20-8-21-3;/h4,6-7H,8H2,1-3H3;/q-1;. The van der Waals surface area contributed by atoms with Crippen LogP contribution >= 0.6 is 11.8 Å². The van der Waals surface area contributed by atoms with Gasteiger partial charge >= 0.3 is 0 Å². The van der Waals surface area contributed by atoms with Crippen LogP contribution < -0.4 is 10.3 Å². The minimum atomic E-state index is -0.791. The smallest absolute Gasteiger partial charge is 0.197 e. The number of aryl methyl sites for hydroxylation is 1. The maximum absolute atomic E-state index is 14.2. The topological polar surface area (TPSA) is 31.2 Å². The molecule has 0 amide bonds. The van der Waals surface area contributed by atoms with Gasteiger partial charge in [0, 0.05) is 51.9 Å². The summed E-state index contributed by atoms with van der Waals surface area (Å²) in [5.74, 6) is -1.17. The Balaban J connectivity index is 0.00000242. The van der Waals surface area contributed by atoms with Crippen LogP contribution in [-0.2, 0) is 39.8 Å². The van der Waals surface area contributed by atoms with Crippen LogP contribution in [0.5, 0.6) is 5.75 Å². The molecule has 1 radical (unpaired) electrons. The number of benzene rings is 1. The Bertz CT molecular complexity index is 711. The van der Waals surface area contributed by atoms with Gasteiger partial charge in [0.2, 0.25) is 0 Å². The second kappa shape index (κ2) is 8.22. The van der Waals surface area contributed by atoms with Crippen LogP contribution in [0.25, 0.3) is 11.3 Å². The van der Waals surface area contributed by atoms with Crippen molar-refractivity contribution in [3.8, 4) is 17.0 Å². The number of nitrogens with zero attached hydrogens (tertiary/aromatic N) is 1. The van der Waals surface area contributed by atoms with Crippen LogP contribution in [0.4, 0.5) is 8.78 Å². The number of hydrogen-bond donors (Lipinski definition) is 0. The number of pyridine rings is 1. The summed E-state index contributed by atoms with van der Waals surface area (Å²) in [6.07, 6.45) is 1.82. The molecule has 0 unspecified atom stereocenters. The van der Waals surface area contributed by atoms with Gasteiger partial charge in [-0.15, -0.1) is 11.8 Å². The first-order chi connectivity index (χ1) is 9.95. The first kappa shape index (κ1) is 19.3. The molecule has 0 atom stereocenters. The number of rotatable bonds is 4. The van der Waals surface area contributed by atoms with Crippen molar-refractivity contribution in [3.63, 3.8) is 0 Å². The number of hydrogen-bond acceptors (Lipinski definition) is 3. The fourth-order valence-electron chi connectivity index (χ4n) is 1.93. The van der Waals surface area contributed by atoms with Gasteiger partial charge in [0.1, 0.15) is 11.7 Å². The predicted molar refractivity (Wildman–Crippen MR) is 79.6 cm³/mol. The third-order valence-corrected chi connectivity index (χ3v) is 3.35. The average Bonchev–Trinajstić information content (AvgIpc) is 2.44. The predicted octanol–water partition coefficient (Wildman–Crippen LogP) is 3.14. The molecule has 115 valence electrons. The average molecular weight is 399 g/mol. The van der Waals surface area contributed by atoms with E-state index < -0.39 is 11.6 Å². The molecular formula is C15H14F2NO2SY-. The van der Waals surface area contributed by atoms with Gasteiger partial charge in [-0.1, -0.05) is 18.2 Å². The summed E-state index contributed by atoms with van der Waals surface area (Å²) in [7, 11) is 1.46. The van der Waals surface area contributed by atoms with Crippen LogP contribution in [0.2, 0.25) is 0 Å². The third-order valence-electron chi connectivity index (χ3n) is 3.00. The van der Waals surface area contributed by atoms with Crippen molar-refractivity contribution in [1.29, 1.82) is 0 Å². The van der Waals surface area contributed by atoms with Gasteiger partial charge in [-0.3, -0.25) is 4.79 Å². The molecule has 22 heavy (non-hydrogen) atoms. The van der Waals surface area contributed by atoms with Crippen molar-refractivity contribution < 1.29 is 46.2 Å². The molecule has 1 heterocycles. The molecule has 1 aromatic heterocycles. The van der Waals surface area contributed by atoms with Crippen molar-refractivity contribution in [2.75, 3.05) is 12.2 Å². The molecule has 1 aromatic carbocycles. The summed E-state index contributed by atoms with van der Waals surface area (Å²) in [4.78, 5) is 11.9. The quantitative estimate of drug-likeness (QED) is 0.585. The third kappa shape index (κ3) is 3.97. The largest absolute Gasteiger partial charge is 0.483 e. The summed E-state index contributed by atoms with van der Waals surface area (Å²) in [5, 5.41) is 0. The first-order valence-corrected chi connectivity index (χ1v) is 7.54. The minimum Gasteiger partial charge on any atom is -0.483 e. The monoisotopic (exact) mass is 399 g/mol. The Morgan fingerprint density at radius 3 is 2.45 bits per heavy atom. The summed E-state index contributed by atoms with van der Waals surface area (Å²) in [6.45, 7) is 1.62. The normalized spacial score (nSPS) is 10.2. The van der Waals surface area contributed by atoms with Crippen LogP contribution in [-0.4, -0.2) is 16.8 Å². The van der Waals surface area contributed by atoms with E-state index in [0.717, 1.165) is 12.1 Å². The maximum Gasteiger partial charge on any atom is 0.197 e. The Kier molecular flexibility index (Phi) is 7.23. The Morgan fingerprint density at radius 1 is 1.32 bits per heavy atom. The zero-order valence-corrected chi connectivity index (χ0v) is 16.1. The van der Waals surface area contributed by atoms with Gasteiger partial charge < -0.3 is 9.30 Å². The second-order valence-corrected chi connectivity index (χ2v) is 5.31. The van der Waals surface area contributed by atoms with Crippen molar-refractivity contribution in [3.05, 3.63) is 51.8 Å². The van der Waals surface area contributed by atoms with Crippen LogP contribution in [0.1, 0.15) is 5.56 Å². The van der Waals surface area contributed by atoms with E-state index in [1.165, 1.54) is 29.4 Å². The zero-order valence-electron chi connectivity index (χ0n) is 12.4. The van der Waals surface area contributed by atoms with Crippen LogP contribution in [0.3, 0.4) is 0 Å². The first-order valence-electron chi connectivity index (χ1n) is 6.15. The SMILES string of the molecule is CSCOc1cc(F)c(-c2[c-]cc(C)c(=O)n2C)c(F)c1.[Y]. The Hall–Kier alpha value is -0.716. The molecule has 7 heteroatoms. The van der Waals surface area contributed by atoms with Gasteiger partial charge in [0.15, 0.2) is 5.56 Å². The molecule has 0 aliphatic heterocycles. The van der Waals surface area contributed by atoms with E-state index in [1.54, 1.807) is 6.92 Å². The van der Waals surface area contributed by atoms with E-state index in [1.807, 2.05) is 6.26 Å². The zero-order chi connectivity index (χ0) is 15.6. The van der Waals surface area contributed by atoms with Gasteiger partial charge in [-0.2, -0.15) is 12.1 Å². The fourth-order valence-corrected chi connectivity index (χ4v) is 2.18. The van der Waals surface area contributed by atoms with Gasteiger partial charge in [0.25, 0.3) is 0 Å².